The third-order valence-electron chi connectivity index (χ3n) is 2.48. The zero-order valence-corrected chi connectivity index (χ0v) is 10.4. The van der Waals surface area contributed by atoms with E-state index in [-0.39, 0.29) is 25.1 Å². The lowest BCUT2D eigenvalue weighted by Gasteiger charge is -2.22. The summed E-state index contributed by atoms with van der Waals surface area (Å²) in [5.74, 6) is -0.580. The van der Waals surface area contributed by atoms with Gasteiger partial charge in [-0.05, 0) is 20.3 Å². The minimum atomic E-state index is -0.533. The number of rotatable bonds is 6. The van der Waals surface area contributed by atoms with E-state index in [9.17, 15) is 9.59 Å². The van der Waals surface area contributed by atoms with Crippen molar-refractivity contribution in [2.24, 2.45) is 5.41 Å². The summed E-state index contributed by atoms with van der Waals surface area (Å²) in [7, 11) is 0. The van der Waals surface area contributed by atoms with E-state index in [1.807, 2.05) is 6.92 Å². The molecule has 0 aromatic heterocycles. The molecule has 0 aromatic rings. The van der Waals surface area contributed by atoms with E-state index in [1.54, 1.807) is 13.8 Å². The predicted octanol–water partition coefficient (Wildman–Crippen LogP) is 0.463. The van der Waals surface area contributed by atoms with Crippen molar-refractivity contribution in [3.63, 3.8) is 0 Å². The summed E-state index contributed by atoms with van der Waals surface area (Å²) >= 11 is 0. The third kappa shape index (κ3) is 5.11. The molecule has 0 radical (unpaired) electrons. The second-order valence-electron chi connectivity index (χ2n) is 4.42. The molecule has 94 valence electrons. The van der Waals surface area contributed by atoms with Crippen LogP contribution in [0.25, 0.3) is 0 Å². The Labute approximate surface area is 96.2 Å². The Morgan fingerprint density at radius 3 is 2.38 bits per heavy atom. The molecule has 0 aliphatic carbocycles. The lowest BCUT2D eigenvalue weighted by atomic mass is 9.91. The number of nitrogens with one attached hydrogen (secondary N) is 1. The Hall–Kier alpha value is -1.10. The second kappa shape index (κ2) is 6.48. The number of esters is 1. The Kier molecular flexibility index (Phi) is 6.03. The van der Waals surface area contributed by atoms with Crippen molar-refractivity contribution >= 4 is 11.9 Å². The largest absolute Gasteiger partial charge is 0.463 e. The van der Waals surface area contributed by atoms with E-state index < -0.39 is 11.5 Å². The normalized spacial score (nSPS) is 13.1. The Morgan fingerprint density at radius 2 is 2.00 bits per heavy atom. The predicted molar refractivity (Wildman–Crippen MR) is 59.7 cm³/mol. The maximum absolute atomic E-state index is 11.6. The molecule has 0 aliphatic rings. The van der Waals surface area contributed by atoms with Gasteiger partial charge >= 0.3 is 5.97 Å². The number of carbonyl (C=O) groups is 2. The van der Waals surface area contributed by atoms with Gasteiger partial charge in [0, 0.05) is 6.92 Å². The number of hydrogen-bond donors (Lipinski definition) is 2. The summed E-state index contributed by atoms with van der Waals surface area (Å²) in [6, 6.07) is -0.533. The third-order valence-corrected chi connectivity index (χ3v) is 2.48. The zero-order valence-electron chi connectivity index (χ0n) is 10.4. The highest BCUT2D eigenvalue weighted by Gasteiger charge is 2.27. The number of hydrogen-bond acceptors (Lipinski definition) is 4. The lowest BCUT2D eigenvalue weighted by molar-refractivity contribution is -0.155. The van der Waals surface area contributed by atoms with Crippen LogP contribution in [0.3, 0.4) is 0 Å². The first-order valence-corrected chi connectivity index (χ1v) is 5.38. The standard InChI is InChI=1S/C11H21NO4/c1-5-11(3,4)10(15)16-7-9(6-13)12-8(2)14/h9,13H,5-7H2,1-4H3,(H,12,14). The molecule has 0 saturated carbocycles. The fourth-order valence-electron chi connectivity index (χ4n) is 0.943. The second-order valence-corrected chi connectivity index (χ2v) is 4.42. The van der Waals surface area contributed by atoms with Gasteiger partial charge in [-0.2, -0.15) is 0 Å². The molecular formula is C11H21NO4. The number of aliphatic hydroxyl groups is 1. The lowest BCUT2D eigenvalue weighted by Crippen LogP contribution is -2.41. The number of carbonyl (C=O) groups excluding carboxylic acids is 2. The summed E-state index contributed by atoms with van der Waals surface area (Å²) in [6.07, 6.45) is 0.676. The van der Waals surface area contributed by atoms with Crippen LogP contribution in [0.2, 0.25) is 0 Å². The van der Waals surface area contributed by atoms with Crippen molar-refractivity contribution in [1.82, 2.24) is 5.32 Å². The van der Waals surface area contributed by atoms with E-state index in [0.717, 1.165) is 0 Å². The first kappa shape index (κ1) is 14.9. The van der Waals surface area contributed by atoms with Gasteiger partial charge in [0.15, 0.2) is 0 Å². The van der Waals surface area contributed by atoms with Crippen molar-refractivity contribution in [2.75, 3.05) is 13.2 Å². The van der Waals surface area contributed by atoms with E-state index in [0.29, 0.717) is 6.42 Å². The van der Waals surface area contributed by atoms with Crippen LogP contribution in [0.1, 0.15) is 34.1 Å². The van der Waals surface area contributed by atoms with Crippen molar-refractivity contribution in [2.45, 2.75) is 40.2 Å². The number of amides is 1. The molecule has 0 aromatic carbocycles. The van der Waals surface area contributed by atoms with Crippen molar-refractivity contribution in [3.8, 4) is 0 Å². The minimum Gasteiger partial charge on any atom is -0.463 e. The highest BCUT2D eigenvalue weighted by molar-refractivity contribution is 5.76. The zero-order chi connectivity index (χ0) is 12.8. The maximum Gasteiger partial charge on any atom is 0.311 e. The molecule has 0 aliphatic heterocycles. The SMILES string of the molecule is CCC(C)(C)C(=O)OCC(CO)NC(C)=O. The topological polar surface area (TPSA) is 75.6 Å². The number of aliphatic hydroxyl groups excluding tert-OH is 1. The first-order valence-electron chi connectivity index (χ1n) is 5.38. The Morgan fingerprint density at radius 1 is 1.44 bits per heavy atom. The van der Waals surface area contributed by atoms with Crippen LogP contribution < -0.4 is 5.32 Å². The van der Waals surface area contributed by atoms with Crippen LogP contribution in [0.15, 0.2) is 0 Å². The minimum absolute atomic E-state index is 0.00164. The molecule has 0 saturated heterocycles. The van der Waals surface area contributed by atoms with Gasteiger partial charge in [0.1, 0.15) is 6.61 Å². The molecule has 0 heterocycles. The summed E-state index contributed by atoms with van der Waals surface area (Å²) in [5, 5.41) is 11.4. The molecule has 1 amide bonds. The van der Waals surface area contributed by atoms with Crippen LogP contribution in [0, 0.1) is 5.41 Å². The van der Waals surface area contributed by atoms with E-state index in [2.05, 4.69) is 5.32 Å². The Bertz CT molecular complexity index is 250. The van der Waals surface area contributed by atoms with Gasteiger partial charge in [-0.25, -0.2) is 0 Å². The van der Waals surface area contributed by atoms with E-state index in [1.165, 1.54) is 6.92 Å². The van der Waals surface area contributed by atoms with Crippen molar-refractivity contribution in [3.05, 3.63) is 0 Å². The van der Waals surface area contributed by atoms with Gasteiger partial charge in [-0.3, -0.25) is 9.59 Å². The molecular weight excluding hydrogens is 210 g/mol. The van der Waals surface area contributed by atoms with Crippen LogP contribution >= 0.6 is 0 Å². The summed E-state index contributed by atoms with van der Waals surface area (Å²) in [6.45, 7) is 6.58. The molecule has 0 spiro atoms. The molecule has 0 rings (SSSR count). The molecule has 2 N–H and O–H groups in total. The van der Waals surface area contributed by atoms with Gasteiger partial charge in [-0.1, -0.05) is 6.92 Å². The van der Waals surface area contributed by atoms with Crippen LogP contribution in [-0.4, -0.2) is 36.2 Å². The maximum atomic E-state index is 11.6. The fourth-order valence-corrected chi connectivity index (χ4v) is 0.943. The number of ether oxygens (including phenoxy) is 1. The molecule has 0 bridgehead atoms. The first-order chi connectivity index (χ1) is 7.33. The average Bonchev–Trinajstić information content (AvgIpc) is 2.22. The molecule has 1 unspecified atom stereocenters. The monoisotopic (exact) mass is 231 g/mol. The van der Waals surface area contributed by atoms with Crippen molar-refractivity contribution < 1.29 is 19.4 Å². The van der Waals surface area contributed by atoms with Gasteiger partial charge in [-0.15, -0.1) is 0 Å². The average molecular weight is 231 g/mol. The van der Waals surface area contributed by atoms with Gasteiger partial charge in [0.2, 0.25) is 5.91 Å². The summed E-state index contributed by atoms with van der Waals surface area (Å²) in [4.78, 5) is 22.3. The van der Waals surface area contributed by atoms with Crippen LogP contribution in [-0.2, 0) is 14.3 Å². The van der Waals surface area contributed by atoms with Crippen molar-refractivity contribution in [1.29, 1.82) is 0 Å². The van der Waals surface area contributed by atoms with Gasteiger partial charge in [0.25, 0.3) is 0 Å². The molecule has 5 heteroatoms. The Balaban J connectivity index is 4.12. The summed E-state index contributed by atoms with van der Waals surface area (Å²) < 4.78 is 5.04. The van der Waals surface area contributed by atoms with Gasteiger partial charge < -0.3 is 15.2 Å². The van der Waals surface area contributed by atoms with Crippen LogP contribution in [0.4, 0.5) is 0 Å². The molecule has 0 fully saturated rings. The molecule has 16 heavy (non-hydrogen) atoms. The highest BCUT2D eigenvalue weighted by Crippen LogP contribution is 2.21. The smallest absolute Gasteiger partial charge is 0.311 e. The quantitative estimate of drug-likeness (QED) is 0.651. The summed E-state index contributed by atoms with van der Waals surface area (Å²) in [5.41, 5.74) is -0.532. The van der Waals surface area contributed by atoms with Crippen LogP contribution in [0.5, 0.6) is 0 Å². The highest BCUT2D eigenvalue weighted by atomic mass is 16.5. The molecule has 1 atom stereocenters. The fraction of sp³-hybridized carbons (Fsp3) is 0.818. The van der Waals surface area contributed by atoms with E-state index in [4.69, 9.17) is 9.84 Å². The molecule has 5 nitrogen and oxygen atoms in total. The van der Waals surface area contributed by atoms with Gasteiger partial charge in [0.05, 0.1) is 18.1 Å². The van der Waals surface area contributed by atoms with E-state index >= 15 is 0 Å².